The van der Waals surface area contributed by atoms with Gasteiger partial charge in [-0.05, 0) is 24.3 Å². The molecule has 0 saturated heterocycles. The second kappa shape index (κ2) is 3.26. The van der Waals surface area contributed by atoms with Gasteiger partial charge in [0, 0.05) is 12.7 Å². The van der Waals surface area contributed by atoms with Crippen LogP contribution in [0.15, 0.2) is 12.3 Å². The van der Waals surface area contributed by atoms with Gasteiger partial charge in [-0.2, -0.15) is 5.26 Å². The van der Waals surface area contributed by atoms with Gasteiger partial charge in [-0.15, -0.1) is 0 Å². The Morgan fingerprint density at radius 3 is 3.07 bits per heavy atom. The highest BCUT2D eigenvalue weighted by Gasteiger charge is 2.36. The SMILES string of the molecule is CC1(CNc2nccc(C#N)n2)CC1. The lowest BCUT2D eigenvalue weighted by molar-refractivity contribution is 0.607. The van der Waals surface area contributed by atoms with E-state index in [0.29, 0.717) is 17.1 Å². The molecule has 0 unspecified atom stereocenters. The van der Waals surface area contributed by atoms with Crippen LogP contribution in [0.25, 0.3) is 0 Å². The average Bonchev–Trinajstić information content (AvgIpc) is 2.95. The summed E-state index contributed by atoms with van der Waals surface area (Å²) in [5, 5.41) is 11.8. The van der Waals surface area contributed by atoms with E-state index in [1.165, 1.54) is 12.8 Å². The van der Waals surface area contributed by atoms with E-state index < -0.39 is 0 Å². The first-order valence-electron chi connectivity index (χ1n) is 4.69. The molecule has 1 aliphatic rings. The number of hydrogen-bond donors (Lipinski definition) is 1. The number of rotatable bonds is 3. The van der Waals surface area contributed by atoms with Crippen LogP contribution in [0, 0.1) is 16.7 Å². The van der Waals surface area contributed by atoms with Crippen LogP contribution in [-0.2, 0) is 0 Å². The van der Waals surface area contributed by atoms with Crippen LogP contribution in [0.4, 0.5) is 5.95 Å². The number of anilines is 1. The van der Waals surface area contributed by atoms with Crippen LogP contribution < -0.4 is 5.32 Å². The first-order valence-corrected chi connectivity index (χ1v) is 4.69. The molecular weight excluding hydrogens is 176 g/mol. The zero-order valence-corrected chi connectivity index (χ0v) is 8.12. The van der Waals surface area contributed by atoms with Gasteiger partial charge in [0.2, 0.25) is 5.95 Å². The van der Waals surface area contributed by atoms with Gasteiger partial charge in [-0.1, -0.05) is 6.92 Å². The molecule has 4 nitrogen and oxygen atoms in total. The van der Waals surface area contributed by atoms with E-state index in [9.17, 15) is 0 Å². The van der Waals surface area contributed by atoms with E-state index in [-0.39, 0.29) is 0 Å². The Hall–Kier alpha value is -1.63. The number of nitriles is 1. The van der Waals surface area contributed by atoms with E-state index >= 15 is 0 Å². The summed E-state index contributed by atoms with van der Waals surface area (Å²) in [6.45, 7) is 3.12. The Bertz CT molecular complexity index is 376. The Labute approximate surface area is 83.0 Å². The van der Waals surface area contributed by atoms with E-state index in [1.54, 1.807) is 12.3 Å². The molecule has 0 amide bonds. The van der Waals surface area contributed by atoms with Crippen LogP contribution >= 0.6 is 0 Å². The van der Waals surface area contributed by atoms with Crippen LogP contribution in [0.5, 0.6) is 0 Å². The van der Waals surface area contributed by atoms with Crippen molar-refractivity contribution in [2.45, 2.75) is 19.8 Å². The molecule has 0 radical (unpaired) electrons. The predicted octanol–water partition coefficient (Wildman–Crippen LogP) is 1.56. The van der Waals surface area contributed by atoms with Crippen molar-refractivity contribution in [1.29, 1.82) is 5.26 Å². The Morgan fingerprint density at radius 2 is 2.43 bits per heavy atom. The molecular formula is C10H12N4. The molecule has 1 aromatic rings. The fourth-order valence-electron chi connectivity index (χ4n) is 1.19. The Morgan fingerprint density at radius 1 is 1.64 bits per heavy atom. The molecule has 72 valence electrons. The molecule has 1 heterocycles. The minimum Gasteiger partial charge on any atom is -0.354 e. The summed E-state index contributed by atoms with van der Waals surface area (Å²) in [5.41, 5.74) is 0.829. The van der Waals surface area contributed by atoms with Gasteiger partial charge in [0.05, 0.1) is 0 Å². The van der Waals surface area contributed by atoms with Gasteiger partial charge in [0.1, 0.15) is 11.8 Å². The molecule has 0 aliphatic heterocycles. The zero-order chi connectivity index (χ0) is 10.0. The van der Waals surface area contributed by atoms with Crippen molar-refractivity contribution in [3.8, 4) is 6.07 Å². The molecule has 0 atom stereocenters. The highest BCUT2D eigenvalue weighted by atomic mass is 15.1. The third-order valence-electron chi connectivity index (χ3n) is 2.55. The maximum Gasteiger partial charge on any atom is 0.223 e. The second-order valence-electron chi connectivity index (χ2n) is 4.04. The van der Waals surface area contributed by atoms with Crippen molar-refractivity contribution in [2.24, 2.45) is 5.41 Å². The van der Waals surface area contributed by atoms with Gasteiger partial charge >= 0.3 is 0 Å². The molecule has 1 aliphatic carbocycles. The minimum absolute atomic E-state index is 0.406. The molecule has 0 bridgehead atoms. The lowest BCUT2D eigenvalue weighted by Crippen LogP contribution is -2.13. The fourth-order valence-corrected chi connectivity index (χ4v) is 1.19. The maximum atomic E-state index is 8.63. The zero-order valence-electron chi connectivity index (χ0n) is 8.12. The quantitative estimate of drug-likeness (QED) is 0.781. The Balaban J connectivity index is 1.99. The number of hydrogen-bond acceptors (Lipinski definition) is 4. The summed E-state index contributed by atoms with van der Waals surface area (Å²) in [6, 6.07) is 3.59. The van der Waals surface area contributed by atoms with E-state index in [1.807, 2.05) is 6.07 Å². The first kappa shape index (κ1) is 8.95. The van der Waals surface area contributed by atoms with Gasteiger partial charge in [-0.25, -0.2) is 9.97 Å². The van der Waals surface area contributed by atoms with Crippen molar-refractivity contribution in [2.75, 3.05) is 11.9 Å². The highest BCUT2D eigenvalue weighted by Crippen LogP contribution is 2.44. The molecule has 1 aromatic heterocycles. The third-order valence-corrected chi connectivity index (χ3v) is 2.55. The number of aromatic nitrogens is 2. The molecule has 4 heteroatoms. The van der Waals surface area contributed by atoms with Crippen molar-refractivity contribution >= 4 is 5.95 Å². The lowest BCUT2D eigenvalue weighted by Gasteiger charge is -2.09. The standard InChI is InChI=1S/C10H12N4/c1-10(3-4-10)7-13-9-12-5-2-8(6-11)14-9/h2,5H,3-4,7H2,1H3,(H,12,13,14). The van der Waals surface area contributed by atoms with Crippen molar-refractivity contribution in [3.05, 3.63) is 18.0 Å². The average molecular weight is 188 g/mol. The Kier molecular flexibility index (Phi) is 2.08. The molecule has 2 rings (SSSR count). The van der Waals surface area contributed by atoms with E-state index in [4.69, 9.17) is 5.26 Å². The maximum absolute atomic E-state index is 8.63. The second-order valence-corrected chi connectivity index (χ2v) is 4.04. The number of nitrogens with zero attached hydrogens (tertiary/aromatic N) is 3. The summed E-state index contributed by atoms with van der Waals surface area (Å²) in [5.74, 6) is 0.553. The molecule has 0 aromatic carbocycles. The van der Waals surface area contributed by atoms with E-state index in [2.05, 4.69) is 22.2 Å². The van der Waals surface area contributed by atoms with Crippen LogP contribution in [0.1, 0.15) is 25.5 Å². The van der Waals surface area contributed by atoms with Crippen LogP contribution in [-0.4, -0.2) is 16.5 Å². The molecule has 1 N–H and O–H groups in total. The lowest BCUT2D eigenvalue weighted by atomic mass is 10.1. The summed E-state index contributed by atoms with van der Waals surface area (Å²) in [7, 11) is 0. The largest absolute Gasteiger partial charge is 0.354 e. The summed E-state index contributed by atoms with van der Waals surface area (Å²) < 4.78 is 0. The summed E-state index contributed by atoms with van der Waals surface area (Å²) in [4.78, 5) is 8.08. The third kappa shape index (κ3) is 1.99. The van der Waals surface area contributed by atoms with Gasteiger partial charge < -0.3 is 5.32 Å². The van der Waals surface area contributed by atoms with Crippen LogP contribution in [0.3, 0.4) is 0 Å². The molecule has 0 spiro atoms. The fraction of sp³-hybridized carbons (Fsp3) is 0.500. The van der Waals surface area contributed by atoms with Crippen molar-refractivity contribution in [3.63, 3.8) is 0 Å². The van der Waals surface area contributed by atoms with Gasteiger partial charge in [0.25, 0.3) is 0 Å². The molecule has 14 heavy (non-hydrogen) atoms. The normalized spacial score (nSPS) is 17.1. The van der Waals surface area contributed by atoms with E-state index in [0.717, 1.165) is 6.54 Å². The van der Waals surface area contributed by atoms with Crippen molar-refractivity contribution in [1.82, 2.24) is 9.97 Å². The first-order chi connectivity index (χ1) is 6.72. The predicted molar refractivity (Wildman–Crippen MR) is 52.6 cm³/mol. The van der Waals surface area contributed by atoms with Gasteiger partial charge in [-0.3, -0.25) is 0 Å². The highest BCUT2D eigenvalue weighted by molar-refractivity contribution is 5.30. The topological polar surface area (TPSA) is 61.6 Å². The van der Waals surface area contributed by atoms with Crippen molar-refractivity contribution < 1.29 is 0 Å². The minimum atomic E-state index is 0.406. The molecule has 1 fully saturated rings. The number of nitrogens with one attached hydrogen (secondary N) is 1. The monoisotopic (exact) mass is 188 g/mol. The summed E-state index contributed by atoms with van der Waals surface area (Å²) >= 11 is 0. The van der Waals surface area contributed by atoms with Crippen LogP contribution in [0.2, 0.25) is 0 Å². The van der Waals surface area contributed by atoms with Gasteiger partial charge in [0.15, 0.2) is 0 Å². The smallest absolute Gasteiger partial charge is 0.223 e. The summed E-state index contributed by atoms with van der Waals surface area (Å²) in [6.07, 6.45) is 4.12. The molecule has 1 saturated carbocycles.